The van der Waals surface area contributed by atoms with Crippen LogP contribution in [0, 0.1) is 6.92 Å². The van der Waals surface area contributed by atoms with Crippen molar-refractivity contribution >= 4 is 17.5 Å². The summed E-state index contributed by atoms with van der Waals surface area (Å²) in [6.45, 7) is 5.12. The number of hydrogen-bond acceptors (Lipinski definition) is 3. The van der Waals surface area contributed by atoms with E-state index in [2.05, 4.69) is 10.3 Å². The Balaban J connectivity index is 1.99. The van der Waals surface area contributed by atoms with Crippen molar-refractivity contribution in [3.63, 3.8) is 0 Å². The summed E-state index contributed by atoms with van der Waals surface area (Å²) in [5.74, 6) is -0.140. The van der Waals surface area contributed by atoms with E-state index in [1.54, 1.807) is 12.1 Å². The van der Waals surface area contributed by atoms with Gasteiger partial charge in [0.15, 0.2) is 0 Å². The van der Waals surface area contributed by atoms with Crippen molar-refractivity contribution in [3.8, 4) is 0 Å². The lowest BCUT2D eigenvalue weighted by Crippen LogP contribution is -2.40. The van der Waals surface area contributed by atoms with Crippen LogP contribution < -0.4 is 5.32 Å². The van der Waals surface area contributed by atoms with Gasteiger partial charge in [0.1, 0.15) is 5.15 Å². The van der Waals surface area contributed by atoms with Crippen molar-refractivity contribution in [3.05, 3.63) is 28.5 Å². The highest BCUT2D eigenvalue weighted by Gasteiger charge is 2.30. The smallest absolute Gasteiger partial charge is 0.251 e. The number of carbonyl (C=O) groups is 1. The molecule has 18 heavy (non-hydrogen) atoms. The van der Waals surface area contributed by atoms with Crippen molar-refractivity contribution in [1.29, 1.82) is 0 Å². The van der Waals surface area contributed by atoms with Gasteiger partial charge < -0.3 is 10.1 Å². The molecule has 0 radical (unpaired) electrons. The van der Waals surface area contributed by atoms with Crippen LogP contribution in [0.2, 0.25) is 5.15 Å². The molecule has 0 spiro atoms. The van der Waals surface area contributed by atoms with Crippen molar-refractivity contribution < 1.29 is 9.53 Å². The molecule has 1 unspecified atom stereocenters. The van der Waals surface area contributed by atoms with E-state index in [-0.39, 0.29) is 11.5 Å². The molecule has 0 aromatic carbocycles. The van der Waals surface area contributed by atoms with E-state index in [1.807, 2.05) is 13.8 Å². The van der Waals surface area contributed by atoms with Gasteiger partial charge in [0.25, 0.3) is 5.91 Å². The fourth-order valence-electron chi connectivity index (χ4n) is 2.10. The molecule has 4 nitrogen and oxygen atoms in total. The van der Waals surface area contributed by atoms with Gasteiger partial charge in [-0.05, 0) is 38.8 Å². The van der Waals surface area contributed by atoms with Crippen LogP contribution in [0.25, 0.3) is 0 Å². The monoisotopic (exact) mass is 268 g/mol. The number of nitrogens with one attached hydrogen (secondary N) is 1. The molecule has 1 aromatic rings. The predicted octanol–water partition coefficient (Wildman–Crippen LogP) is 2.34. The summed E-state index contributed by atoms with van der Waals surface area (Å²) in [5.41, 5.74) is 1.03. The van der Waals surface area contributed by atoms with Crippen LogP contribution in [0.15, 0.2) is 12.1 Å². The van der Waals surface area contributed by atoms with Crippen molar-refractivity contribution in [2.75, 3.05) is 13.2 Å². The van der Waals surface area contributed by atoms with E-state index in [4.69, 9.17) is 16.3 Å². The zero-order chi connectivity index (χ0) is 13.2. The van der Waals surface area contributed by atoms with E-state index in [0.717, 1.165) is 25.1 Å². The van der Waals surface area contributed by atoms with Crippen LogP contribution in [-0.2, 0) is 4.74 Å². The normalized spacial score (nSPS) is 23.1. The molecule has 98 valence electrons. The minimum atomic E-state index is -0.235. The molecular weight excluding hydrogens is 252 g/mol. The second-order valence-corrected chi connectivity index (χ2v) is 5.29. The third-order valence-corrected chi connectivity index (χ3v) is 3.30. The van der Waals surface area contributed by atoms with E-state index in [1.165, 1.54) is 0 Å². The zero-order valence-electron chi connectivity index (χ0n) is 10.6. The maximum absolute atomic E-state index is 12.0. The Morgan fingerprint density at radius 2 is 2.39 bits per heavy atom. The van der Waals surface area contributed by atoms with Crippen LogP contribution in [0.1, 0.15) is 35.8 Å². The highest BCUT2D eigenvalue weighted by molar-refractivity contribution is 6.29. The van der Waals surface area contributed by atoms with Gasteiger partial charge in [-0.1, -0.05) is 11.6 Å². The Morgan fingerprint density at radius 1 is 1.61 bits per heavy atom. The van der Waals surface area contributed by atoms with Crippen LogP contribution in [-0.4, -0.2) is 29.6 Å². The molecule has 2 heterocycles. The van der Waals surface area contributed by atoms with Gasteiger partial charge in [-0.3, -0.25) is 4.79 Å². The molecule has 1 N–H and O–H groups in total. The first-order valence-corrected chi connectivity index (χ1v) is 6.43. The first-order valence-electron chi connectivity index (χ1n) is 6.05. The molecule has 0 aliphatic carbocycles. The number of aromatic nitrogens is 1. The molecule has 5 heteroatoms. The fourth-order valence-corrected chi connectivity index (χ4v) is 2.36. The Bertz CT molecular complexity index is 436. The number of rotatable bonds is 3. The van der Waals surface area contributed by atoms with E-state index < -0.39 is 0 Å². The number of halogens is 1. The zero-order valence-corrected chi connectivity index (χ0v) is 11.4. The maximum Gasteiger partial charge on any atom is 0.251 e. The van der Waals surface area contributed by atoms with Gasteiger partial charge in [0.2, 0.25) is 0 Å². The molecule has 0 bridgehead atoms. The molecule has 0 saturated carbocycles. The average molecular weight is 269 g/mol. The summed E-state index contributed by atoms with van der Waals surface area (Å²) in [6.07, 6.45) is 2.02. The number of nitrogens with zero attached hydrogens (tertiary/aromatic N) is 1. The summed E-state index contributed by atoms with van der Waals surface area (Å²) in [5, 5.41) is 3.22. The SMILES string of the molecule is Cc1cc(C(=O)NCC2(C)CCCO2)cc(Cl)n1. The highest BCUT2D eigenvalue weighted by atomic mass is 35.5. The second kappa shape index (κ2) is 5.24. The second-order valence-electron chi connectivity index (χ2n) is 4.90. The minimum Gasteiger partial charge on any atom is -0.373 e. The highest BCUT2D eigenvalue weighted by Crippen LogP contribution is 2.24. The van der Waals surface area contributed by atoms with Gasteiger partial charge in [0, 0.05) is 24.4 Å². The molecule has 1 aliphatic rings. The number of hydrogen-bond donors (Lipinski definition) is 1. The fraction of sp³-hybridized carbons (Fsp3) is 0.538. The summed E-state index contributed by atoms with van der Waals surface area (Å²) in [6, 6.07) is 3.29. The molecule has 1 aliphatic heterocycles. The van der Waals surface area contributed by atoms with Crippen molar-refractivity contribution in [2.45, 2.75) is 32.3 Å². The van der Waals surface area contributed by atoms with Gasteiger partial charge in [-0.25, -0.2) is 4.98 Å². The molecule has 1 atom stereocenters. The number of aryl methyl sites for hydroxylation is 1. The van der Waals surface area contributed by atoms with Crippen LogP contribution in [0.3, 0.4) is 0 Å². The predicted molar refractivity (Wildman–Crippen MR) is 69.9 cm³/mol. The number of pyridine rings is 1. The first-order chi connectivity index (χ1) is 8.48. The molecular formula is C13H17ClN2O2. The number of carbonyl (C=O) groups excluding carboxylic acids is 1. The van der Waals surface area contributed by atoms with E-state index in [9.17, 15) is 4.79 Å². The van der Waals surface area contributed by atoms with Crippen LogP contribution >= 0.6 is 11.6 Å². The molecule has 1 aromatic heterocycles. The topological polar surface area (TPSA) is 51.2 Å². The first kappa shape index (κ1) is 13.3. The summed E-state index contributed by atoms with van der Waals surface area (Å²) in [4.78, 5) is 16.0. The maximum atomic E-state index is 12.0. The Labute approximate surface area is 112 Å². The number of ether oxygens (including phenoxy) is 1. The van der Waals surface area contributed by atoms with Gasteiger partial charge in [-0.15, -0.1) is 0 Å². The third-order valence-electron chi connectivity index (χ3n) is 3.11. The van der Waals surface area contributed by atoms with E-state index >= 15 is 0 Å². The Hall–Kier alpha value is -1.13. The molecule has 1 fully saturated rings. The lowest BCUT2D eigenvalue weighted by atomic mass is 10.0. The van der Waals surface area contributed by atoms with Crippen molar-refractivity contribution in [1.82, 2.24) is 10.3 Å². The largest absolute Gasteiger partial charge is 0.373 e. The van der Waals surface area contributed by atoms with Crippen molar-refractivity contribution in [2.24, 2.45) is 0 Å². The van der Waals surface area contributed by atoms with Crippen LogP contribution in [0.5, 0.6) is 0 Å². The van der Waals surface area contributed by atoms with Crippen LogP contribution in [0.4, 0.5) is 0 Å². The van der Waals surface area contributed by atoms with Gasteiger partial charge in [0.05, 0.1) is 5.60 Å². The lowest BCUT2D eigenvalue weighted by Gasteiger charge is -2.23. The van der Waals surface area contributed by atoms with E-state index in [0.29, 0.717) is 17.3 Å². The average Bonchev–Trinajstić information content (AvgIpc) is 2.72. The van der Waals surface area contributed by atoms with Gasteiger partial charge >= 0.3 is 0 Å². The minimum absolute atomic E-state index is 0.140. The molecule has 1 amide bonds. The number of amides is 1. The molecule has 2 rings (SSSR count). The standard InChI is InChI=1S/C13H17ClN2O2/c1-9-6-10(7-11(14)16-9)12(17)15-8-13(2)4-3-5-18-13/h6-7H,3-5,8H2,1-2H3,(H,15,17). The summed E-state index contributed by atoms with van der Waals surface area (Å²) >= 11 is 5.83. The quantitative estimate of drug-likeness (QED) is 0.856. The summed E-state index contributed by atoms with van der Waals surface area (Å²) < 4.78 is 5.62. The molecule has 1 saturated heterocycles. The third kappa shape index (κ3) is 3.21. The summed E-state index contributed by atoms with van der Waals surface area (Å²) in [7, 11) is 0. The Morgan fingerprint density at radius 3 is 3.00 bits per heavy atom. The Kier molecular flexibility index (Phi) is 3.88. The van der Waals surface area contributed by atoms with Gasteiger partial charge in [-0.2, -0.15) is 0 Å². The lowest BCUT2D eigenvalue weighted by molar-refractivity contribution is 0.0206.